The molecular formula is C24H26N4O7S2. The second-order valence-electron chi connectivity index (χ2n) is 9.10. The zero-order valence-electron chi connectivity index (χ0n) is 20.7. The van der Waals surface area contributed by atoms with E-state index in [1.807, 2.05) is 6.07 Å². The van der Waals surface area contributed by atoms with E-state index < -0.39 is 29.5 Å². The van der Waals surface area contributed by atoms with Gasteiger partial charge in [0.25, 0.3) is 5.03 Å². The maximum Gasteiger partial charge on any atom is 0.410 e. The van der Waals surface area contributed by atoms with Crippen LogP contribution in [0.1, 0.15) is 41.6 Å². The Morgan fingerprint density at radius 1 is 1.27 bits per heavy atom. The third-order valence-electron chi connectivity index (χ3n) is 5.26. The molecule has 1 aliphatic rings. The van der Waals surface area contributed by atoms with Gasteiger partial charge in [0.05, 0.1) is 30.2 Å². The fourth-order valence-corrected chi connectivity index (χ4v) is 5.71. The van der Waals surface area contributed by atoms with Gasteiger partial charge >= 0.3 is 12.1 Å². The number of amides is 2. The van der Waals surface area contributed by atoms with Gasteiger partial charge in [0, 0.05) is 23.6 Å². The fraction of sp³-hybridized carbons (Fsp3) is 0.375. The van der Waals surface area contributed by atoms with Gasteiger partial charge in [-0.1, -0.05) is 18.2 Å². The summed E-state index contributed by atoms with van der Waals surface area (Å²) in [5, 5.41) is 19.2. The molecule has 0 spiro atoms. The van der Waals surface area contributed by atoms with E-state index in [-0.39, 0.29) is 22.9 Å². The molecule has 0 bridgehead atoms. The predicted octanol–water partition coefficient (Wildman–Crippen LogP) is 2.90. The van der Waals surface area contributed by atoms with Crippen molar-refractivity contribution < 1.29 is 38.2 Å². The Morgan fingerprint density at radius 3 is 2.68 bits per heavy atom. The van der Waals surface area contributed by atoms with Gasteiger partial charge in [-0.3, -0.25) is 4.79 Å². The minimum absolute atomic E-state index is 0.128. The molecule has 11 nitrogen and oxygen atoms in total. The molecule has 13 heteroatoms. The Morgan fingerprint density at radius 2 is 2.00 bits per heavy atom. The number of aromatic nitrogens is 2. The number of carbonyl (C=O) groups is 3. The second-order valence-corrected chi connectivity index (χ2v) is 11.2. The third kappa shape index (κ3) is 6.05. The van der Waals surface area contributed by atoms with Gasteiger partial charge in [0.1, 0.15) is 10.6 Å². The van der Waals surface area contributed by atoms with Gasteiger partial charge in [-0.15, -0.1) is 11.3 Å². The predicted molar refractivity (Wildman–Crippen MR) is 133 cm³/mol. The Labute approximate surface area is 221 Å². The summed E-state index contributed by atoms with van der Waals surface area (Å²) in [7, 11) is 1.27. The second kappa shape index (κ2) is 10.8. The summed E-state index contributed by atoms with van der Waals surface area (Å²) >= 11 is 2.18. The van der Waals surface area contributed by atoms with Crippen molar-refractivity contribution in [1.82, 2.24) is 10.2 Å². The molecule has 1 N–H and O–H groups in total. The number of rotatable bonds is 6. The molecule has 0 fully saturated rings. The summed E-state index contributed by atoms with van der Waals surface area (Å²) in [6.45, 7) is 6.00. The van der Waals surface area contributed by atoms with Crippen molar-refractivity contribution in [2.45, 2.75) is 44.4 Å². The maximum absolute atomic E-state index is 12.8. The van der Waals surface area contributed by atoms with Crippen LogP contribution in [0.15, 0.2) is 39.9 Å². The molecule has 1 aromatic carbocycles. The van der Waals surface area contributed by atoms with Crippen molar-refractivity contribution in [3.05, 3.63) is 46.3 Å². The number of hydrogen-bond donors (Lipinski definition) is 1. The van der Waals surface area contributed by atoms with Crippen molar-refractivity contribution in [3.8, 4) is 11.6 Å². The minimum Gasteiger partial charge on any atom is -0.538 e. The first kappa shape index (κ1) is 26.5. The lowest BCUT2D eigenvalue weighted by molar-refractivity contribution is -0.705. The minimum atomic E-state index is -0.661. The molecular weight excluding hydrogens is 520 g/mol. The highest BCUT2D eigenvalue weighted by molar-refractivity contribution is 7.99. The highest BCUT2D eigenvalue weighted by atomic mass is 32.2. The number of para-hydroxylation sites is 1. The monoisotopic (exact) mass is 546 g/mol. The molecule has 37 heavy (non-hydrogen) atoms. The Bertz CT molecular complexity index is 1310. The van der Waals surface area contributed by atoms with E-state index in [4.69, 9.17) is 14.0 Å². The number of carbonyl (C=O) groups excluding carboxylic acids is 3. The van der Waals surface area contributed by atoms with Crippen LogP contribution in [0, 0.1) is 0 Å². The summed E-state index contributed by atoms with van der Waals surface area (Å²) in [4.78, 5) is 40.3. The van der Waals surface area contributed by atoms with Crippen molar-refractivity contribution >= 4 is 46.1 Å². The van der Waals surface area contributed by atoms with E-state index in [1.165, 1.54) is 23.1 Å². The maximum atomic E-state index is 12.8. The summed E-state index contributed by atoms with van der Waals surface area (Å²) < 4.78 is 16.5. The van der Waals surface area contributed by atoms with E-state index in [9.17, 15) is 19.5 Å². The number of nitrogens with one attached hydrogen (secondary N) is 1. The van der Waals surface area contributed by atoms with Crippen molar-refractivity contribution in [1.29, 1.82) is 0 Å². The van der Waals surface area contributed by atoms with Crippen LogP contribution in [0.5, 0.6) is 5.95 Å². The topological polar surface area (TPSA) is 138 Å². The average molecular weight is 547 g/mol. The van der Waals surface area contributed by atoms with Gasteiger partial charge in [-0.2, -0.15) is 0 Å². The number of nitrogens with zero attached hydrogens (tertiary/aromatic N) is 3. The number of thioether (sulfide) groups is 1. The first-order valence-corrected chi connectivity index (χ1v) is 13.2. The molecule has 2 aromatic heterocycles. The Hall–Kier alpha value is -3.58. The average Bonchev–Trinajstić information content (AvgIpc) is 3.40. The van der Waals surface area contributed by atoms with Gasteiger partial charge in [-0.05, 0) is 49.2 Å². The number of ether oxygens (including phenoxy) is 2. The number of anilines is 1. The van der Waals surface area contributed by atoms with Gasteiger partial charge < -0.3 is 29.3 Å². The zero-order chi connectivity index (χ0) is 26.7. The van der Waals surface area contributed by atoms with Crippen molar-refractivity contribution in [2.24, 2.45) is 0 Å². The first-order valence-electron chi connectivity index (χ1n) is 11.3. The Balaban J connectivity index is 1.49. The van der Waals surface area contributed by atoms with Gasteiger partial charge in [0.2, 0.25) is 11.6 Å². The molecule has 0 atom stereocenters. The number of methoxy groups -OCH3 is 1. The number of thiophene rings is 1. The van der Waals surface area contributed by atoms with Gasteiger partial charge in [-0.25, -0.2) is 9.59 Å². The highest BCUT2D eigenvalue weighted by Crippen LogP contribution is 2.38. The van der Waals surface area contributed by atoms with E-state index in [1.54, 1.807) is 49.9 Å². The number of hydrogen-bond acceptors (Lipinski definition) is 10. The molecule has 0 unspecified atom stereocenters. The van der Waals surface area contributed by atoms with Crippen LogP contribution < -0.4 is 15.1 Å². The standard InChI is InChI=1S/C24H26N4O7S2/c1-24(2,3)34-23(32)27-11-10-15-16(12-27)37-19(18(15)21(30)33-4)25-17(29)13-36-20-22(31)35-26-28(20)14-8-6-5-7-9-14/h5-9H,10-13H2,1-4H3,(H-,25,26,29,30,31). The molecule has 0 radical (unpaired) electrons. The number of benzene rings is 1. The molecule has 3 aromatic rings. The molecule has 3 heterocycles. The smallest absolute Gasteiger partial charge is 0.410 e. The largest absolute Gasteiger partial charge is 0.538 e. The summed E-state index contributed by atoms with van der Waals surface area (Å²) in [5.74, 6) is -1.80. The van der Waals surface area contributed by atoms with Crippen LogP contribution >= 0.6 is 23.1 Å². The van der Waals surface area contributed by atoms with E-state index >= 15 is 0 Å². The van der Waals surface area contributed by atoms with Crippen LogP contribution in [0.3, 0.4) is 0 Å². The number of esters is 1. The van der Waals surface area contributed by atoms with Crippen molar-refractivity contribution in [3.63, 3.8) is 0 Å². The summed E-state index contributed by atoms with van der Waals surface area (Å²) in [5.41, 5.74) is 0.999. The van der Waals surface area contributed by atoms with Crippen LogP contribution in [0.2, 0.25) is 0 Å². The quantitative estimate of drug-likeness (QED) is 0.281. The normalized spacial score (nSPS) is 13.1. The molecule has 1 aliphatic heterocycles. The summed E-state index contributed by atoms with van der Waals surface area (Å²) in [6, 6.07) is 8.92. The molecule has 2 amide bonds. The molecule has 0 saturated carbocycles. The fourth-order valence-electron chi connectivity index (χ4n) is 3.68. The van der Waals surface area contributed by atoms with Crippen LogP contribution in [-0.2, 0) is 27.2 Å². The SMILES string of the molecule is COC(=O)c1c(NC(=O)CSc2c([O-])on[n+]2-c2ccccc2)sc2c1CCN(C(=O)OC(C)(C)C)C2. The van der Waals surface area contributed by atoms with Crippen LogP contribution in [0.25, 0.3) is 5.69 Å². The summed E-state index contributed by atoms with van der Waals surface area (Å²) in [6.07, 6.45) is -0.0285. The molecule has 0 saturated heterocycles. The molecule has 4 rings (SSSR count). The van der Waals surface area contributed by atoms with Crippen molar-refractivity contribution in [2.75, 3.05) is 24.7 Å². The van der Waals surface area contributed by atoms with E-state index in [0.717, 1.165) is 22.2 Å². The van der Waals surface area contributed by atoms with Crippen LogP contribution in [0.4, 0.5) is 9.80 Å². The third-order valence-corrected chi connectivity index (χ3v) is 7.42. The van der Waals surface area contributed by atoms with E-state index in [0.29, 0.717) is 23.7 Å². The molecule has 196 valence electrons. The highest BCUT2D eigenvalue weighted by Gasteiger charge is 2.33. The first-order chi connectivity index (χ1) is 17.6. The van der Waals surface area contributed by atoms with E-state index in [2.05, 4.69) is 10.6 Å². The Kier molecular flexibility index (Phi) is 7.73. The lowest BCUT2D eigenvalue weighted by atomic mass is 10.0. The lowest BCUT2D eigenvalue weighted by Gasteiger charge is -2.30. The van der Waals surface area contributed by atoms with Gasteiger partial charge in [0.15, 0.2) is 5.95 Å². The zero-order valence-corrected chi connectivity index (χ0v) is 22.4. The lowest BCUT2D eigenvalue weighted by Crippen LogP contribution is -2.39. The number of fused-ring (bicyclic) bond motifs is 1. The molecule has 0 aliphatic carbocycles. The van der Waals surface area contributed by atoms with Crippen LogP contribution in [-0.4, -0.2) is 53.1 Å².